The molecule has 0 spiro atoms. The molecule has 1 saturated heterocycles. The molecule has 6 heteroatoms. The Morgan fingerprint density at radius 1 is 1.25 bits per heavy atom. The molecule has 5 nitrogen and oxygen atoms in total. The average Bonchev–Trinajstić information content (AvgIpc) is 2.92. The number of anilines is 1. The van der Waals surface area contributed by atoms with Crippen molar-refractivity contribution in [2.75, 3.05) is 30.5 Å². The van der Waals surface area contributed by atoms with E-state index in [9.17, 15) is 8.42 Å². The van der Waals surface area contributed by atoms with Gasteiger partial charge in [-0.2, -0.15) is 12.7 Å². The summed E-state index contributed by atoms with van der Waals surface area (Å²) < 4.78 is 28.8. The van der Waals surface area contributed by atoms with Crippen LogP contribution in [0.15, 0.2) is 24.3 Å². The lowest BCUT2D eigenvalue weighted by Crippen LogP contribution is -2.48. The Morgan fingerprint density at radius 3 is 2.85 bits per heavy atom. The second-order valence-electron chi connectivity index (χ2n) is 5.56. The summed E-state index contributed by atoms with van der Waals surface area (Å²) in [7, 11) is -3.41. The molecule has 1 aromatic carbocycles. The number of hydrogen-bond acceptors (Lipinski definition) is 3. The molecule has 1 unspecified atom stereocenters. The molecule has 0 bridgehead atoms. The zero-order valence-electron chi connectivity index (χ0n) is 11.5. The quantitative estimate of drug-likeness (QED) is 0.903. The van der Waals surface area contributed by atoms with Crippen LogP contribution in [-0.4, -0.2) is 38.9 Å². The maximum atomic E-state index is 12.8. The molecule has 1 atom stereocenters. The lowest BCUT2D eigenvalue weighted by molar-refractivity contribution is 0.271. The van der Waals surface area contributed by atoms with Gasteiger partial charge in [0, 0.05) is 19.6 Å². The van der Waals surface area contributed by atoms with Gasteiger partial charge in [0.1, 0.15) is 0 Å². The van der Waals surface area contributed by atoms with Crippen LogP contribution in [-0.2, 0) is 16.6 Å². The van der Waals surface area contributed by atoms with Crippen LogP contribution in [0.3, 0.4) is 0 Å². The molecule has 0 radical (unpaired) electrons. The SMILES string of the molecule is NCC1CCCN(S(=O)(=O)N2CCc3ccccc32)C1. The highest BCUT2D eigenvalue weighted by atomic mass is 32.2. The molecule has 20 heavy (non-hydrogen) atoms. The minimum absolute atomic E-state index is 0.288. The largest absolute Gasteiger partial charge is 0.330 e. The van der Waals surface area contributed by atoms with E-state index < -0.39 is 10.2 Å². The lowest BCUT2D eigenvalue weighted by atomic mass is 10.0. The van der Waals surface area contributed by atoms with Crippen molar-refractivity contribution < 1.29 is 8.42 Å². The molecule has 0 amide bonds. The van der Waals surface area contributed by atoms with Crippen LogP contribution in [0.4, 0.5) is 5.69 Å². The molecule has 110 valence electrons. The zero-order chi connectivity index (χ0) is 14.2. The highest BCUT2D eigenvalue weighted by molar-refractivity contribution is 7.90. The molecule has 3 rings (SSSR count). The number of piperidine rings is 1. The van der Waals surface area contributed by atoms with E-state index in [0.29, 0.717) is 26.2 Å². The second-order valence-corrected chi connectivity index (χ2v) is 7.41. The van der Waals surface area contributed by atoms with Crippen molar-refractivity contribution in [1.29, 1.82) is 0 Å². The van der Waals surface area contributed by atoms with E-state index in [1.54, 1.807) is 8.61 Å². The summed E-state index contributed by atoms with van der Waals surface area (Å²) in [6.45, 7) is 2.27. The van der Waals surface area contributed by atoms with Gasteiger partial charge < -0.3 is 5.73 Å². The van der Waals surface area contributed by atoms with Crippen molar-refractivity contribution in [3.05, 3.63) is 29.8 Å². The fraction of sp³-hybridized carbons (Fsp3) is 0.571. The summed E-state index contributed by atoms with van der Waals surface area (Å²) in [5.41, 5.74) is 7.65. The predicted octanol–water partition coefficient (Wildman–Crippen LogP) is 0.965. The first kappa shape index (κ1) is 13.9. The van der Waals surface area contributed by atoms with Crippen LogP contribution < -0.4 is 10.0 Å². The fourth-order valence-corrected chi connectivity index (χ4v) is 4.90. The van der Waals surface area contributed by atoms with E-state index in [4.69, 9.17) is 5.73 Å². The zero-order valence-corrected chi connectivity index (χ0v) is 12.3. The number of rotatable bonds is 3. The highest BCUT2D eigenvalue weighted by Gasteiger charge is 2.36. The number of para-hydroxylation sites is 1. The summed E-state index contributed by atoms with van der Waals surface area (Å²) >= 11 is 0. The third-order valence-electron chi connectivity index (χ3n) is 4.26. The fourth-order valence-electron chi connectivity index (χ4n) is 3.12. The Balaban J connectivity index is 1.86. The lowest BCUT2D eigenvalue weighted by Gasteiger charge is -2.34. The smallest absolute Gasteiger partial charge is 0.304 e. The molecule has 2 heterocycles. The van der Waals surface area contributed by atoms with Gasteiger partial charge in [0.15, 0.2) is 0 Å². The van der Waals surface area contributed by atoms with Gasteiger partial charge in [-0.3, -0.25) is 4.31 Å². The van der Waals surface area contributed by atoms with Crippen molar-refractivity contribution in [2.24, 2.45) is 11.7 Å². The van der Waals surface area contributed by atoms with Crippen molar-refractivity contribution in [3.8, 4) is 0 Å². The number of hydrogen-bond donors (Lipinski definition) is 1. The molecular weight excluding hydrogens is 274 g/mol. The van der Waals surface area contributed by atoms with E-state index in [0.717, 1.165) is 30.5 Å². The Bertz CT molecular complexity index is 588. The van der Waals surface area contributed by atoms with Gasteiger partial charge in [-0.05, 0) is 43.4 Å². The van der Waals surface area contributed by atoms with Gasteiger partial charge in [-0.1, -0.05) is 18.2 Å². The van der Waals surface area contributed by atoms with Crippen LogP contribution >= 0.6 is 0 Å². The maximum absolute atomic E-state index is 12.8. The van der Waals surface area contributed by atoms with Crippen molar-refractivity contribution >= 4 is 15.9 Å². The Labute approximate surface area is 120 Å². The average molecular weight is 295 g/mol. The minimum Gasteiger partial charge on any atom is -0.330 e. The Morgan fingerprint density at radius 2 is 2.05 bits per heavy atom. The van der Waals surface area contributed by atoms with Crippen molar-refractivity contribution in [1.82, 2.24) is 4.31 Å². The van der Waals surface area contributed by atoms with Gasteiger partial charge >= 0.3 is 10.2 Å². The molecule has 1 fully saturated rings. The molecule has 0 aliphatic carbocycles. The van der Waals surface area contributed by atoms with Gasteiger partial charge in [0.05, 0.1) is 5.69 Å². The molecule has 0 aromatic heterocycles. The van der Waals surface area contributed by atoms with Gasteiger partial charge in [-0.15, -0.1) is 0 Å². The van der Waals surface area contributed by atoms with Crippen LogP contribution in [0, 0.1) is 5.92 Å². The molecule has 2 aliphatic rings. The number of fused-ring (bicyclic) bond motifs is 1. The highest BCUT2D eigenvalue weighted by Crippen LogP contribution is 2.32. The molecule has 2 N–H and O–H groups in total. The molecule has 1 aromatic rings. The monoisotopic (exact) mass is 295 g/mol. The van der Waals surface area contributed by atoms with Gasteiger partial charge in [0.25, 0.3) is 0 Å². The Hall–Kier alpha value is -1.11. The van der Waals surface area contributed by atoms with E-state index >= 15 is 0 Å². The first-order valence-corrected chi connectivity index (χ1v) is 8.58. The van der Waals surface area contributed by atoms with Crippen LogP contribution in [0.2, 0.25) is 0 Å². The summed E-state index contributed by atoms with van der Waals surface area (Å²) in [5, 5.41) is 0. The van der Waals surface area contributed by atoms with E-state index in [1.165, 1.54) is 0 Å². The Kier molecular flexibility index (Phi) is 3.70. The third-order valence-corrected chi connectivity index (χ3v) is 6.18. The van der Waals surface area contributed by atoms with E-state index in [-0.39, 0.29) is 5.92 Å². The maximum Gasteiger partial charge on any atom is 0.304 e. The molecule has 0 saturated carbocycles. The van der Waals surface area contributed by atoms with Crippen molar-refractivity contribution in [2.45, 2.75) is 19.3 Å². The minimum atomic E-state index is -3.41. The van der Waals surface area contributed by atoms with Crippen LogP contribution in [0.25, 0.3) is 0 Å². The predicted molar refractivity (Wildman–Crippen MR) is 79.8 cm³/mol. The number of benzene rings is 1. The summed E-state index contributed by atoms with van der Waals surface area (Å²) in [6, 6.07) is 7.75. The third kappa shape index (κ3) is 2.32. The molecular formula is C14H21N3O2S. The summed E-state index contributed by atoms with van der Waals surface area (Å²) in [5.74, 6) is 0.288. The topological polar surface area (TPSA) is 66.6 Å². The second kappa shape index (κ2) is 5.35. The summed E-state index contributed by atoms with van der Waals surface area (Å²) in [6.07, 6.45) is 2.72. The number of nitrogens with two attached hydrogens (primary N) is 1. The van der Waals surface area contributed by atoms with Gasteiger partial charge in [0.2, 0.25) is 0 Å². The first-order chi connectivity index (χ1) is 9.63. The first-order valence-electron chi connectivity index (χ1n) is 7.18. The molecule has 2 aliphatic heterocycles. The normalized spacial score (nSPS) is 23.9. The van der Waals surface area contributed by atoms with Crippen LogP contribution in [0.1, 0.15) is 18.4 Å². The van der Waals surface area contributed by atoms with E-state index in [2.05, 4.69) is 0 Å². The van der Waals surface area contributed by atoms with Crippen molar-refractivity contribution in [3.63, 3.8) is 0 Å². The standard InChI is InChI=1S/C14H21N3O2S/c15-10-12-4-3-8-16(11-12)20(18,19)17-9-7-13-5-1-2-6-14(13)17/h1-2,5-6,12H,3-4,7-11,15H2. The number of nitrogens with zero attached hydrogens (tertiary/aromatic N) is 2. The van der Waals surface area contributed by atoms with Crippen LogP contribution in [0.5, 0.6) is 0 Å². The van der Waals surface area contributed by atoms with Gasteiger partial charge in [-0.25, -0.2) is 0 Å². The van der Waals surface area contributed by atoms with E-state index in [1.807, 2.05) is 24.3 Å². The summed E-state index contributed by atoms with van der Waals surface area (Å²) in [4.78, 5) is 0.